The number of halogens is 1. The van der Waals surface area contributed by atoms with E-state index < -0.39 is 16.4 Å². The van der Waals surface area contributed by atoms with Crippen molar-refractivity contribution >= 4 is 29.1 Å². The number of anilines is 1. The molecule has 8 nitrogen and oxygen atoms in total. The number of ether oxygens (including phenoxy) is 1. The number of carbonyl (C=O) groups is 1. The highest BCUT2D eigenvalue weighted by Crippen LogP contribution is 2.46. The van der Waals surface area contributed by atoms with Gasteiger partial charge in [0.15, 0.2) is 0 Å². The molecule has 0 bridgehead atoms. The highest BCUT2D eigenvalue weighted by Gasteiger charge is 2.56. The standard InChI is InChI=1S/C12H15ClN4O4/c1-4-21-10(18)12(5-6-12)16(3)9-8(17(19)20)7(2)14-11(13)15-9/h4-6H2,1-3H3. The maximum atomic E-state index is 12.1. The minimum absolute atomic E-state index is 0.0306. The zero-order valence-electron chi connectivity index (χ0n) is 11.9. The summed E-state index contributed by atoms with van der Waals surface area (Å²) in [6.45, 7) is 3.44. The first-order chi connectivity index (χ1) is 9.83. The van der Waals surface area contributed by atoms with Crippen LogP contribution in [0.4, 0.5) is 11.5 Å². The van der Waals surface area contributed by atoms with Gasteiger partial charge in [0.25, 0.3) is 0 Å². The van der Waals surface area contributed by atoms with E-state index in [9.17, 15) is 14.9 Å². The summed E-state index contributed by atoms with van der Waals surface area (Å²) in [5, 5.41) is 11.1. The molecule has 0 unspecified atom stereocenters. The Kier molecular flexibility index (Phi) is 3.99. The topological polar surface area (TPSA) is 98.5 Å². The number of aromatic nitrogens is 2. The number of hydrogen-bond acceptors (Lipinski definition) is 7. The molecule has 0 saturated heterocycles. The number of esters is 1. The number of hydrogen-bond donors (Lipinski definition) is 0. The molecule has 1 aromatic heterocycles. The van der Waals surface area contributed by atoms with Crippen LogP contribution < -0.4 is 4.90 Å². The van der Waals surface area contributed by atoms with Crippen LogP contribution in [0.25, 0.3) is 0 Å². The van der Waals surface area contributed by atoms with Gasteiger partial charge in [-0.1, -0.05) is 0 Å². The van der Waals surface area contributed by atoms with Gasteiger partial charge in [-0.15, -0.1) is 0 Å². The largest absolute Gasteiger partial charge is 0.464 e. The van der Waals surface area contributed by atoms with Crippen molar-refractivity contribution in [3.63, 3.8) is 0 Å². The van der Waals surface area contributed by atoms with Gasteiger partial charge in [-0.2, -0.15) is 4.98 Å². The maximum absolute atomic E-state index is 12.1. The molecular formula is C12H15ClN4O4. The Morgan fingerprint density at radius 3 is 2.62 bits per heavy atom. The van der Waals surface area contributed by atoms with Gasteiger partial charge in [0.2, 0.25) is 11.1 Å². The fraction of sp³-hybridized carbons (Fsp3) is 0.583. The Bertz CT molecular complexity index is 603. The van der Waals surface area contributed by atoms with E-state index in [-0.39, 0.29) is 29.1 Å². The van der Waals surface area contributed by atoms with Crippen molar-refractivity contribution in [2.75, 3.05) is 18.6 Å². The second kappa shape index (κ2) is 5.44. The molecule has 1 fully saturated rings. The summed E-state index contributed by atoms with van der Waals surface area (Å²) < 4.78 is 5.05. The van der Waals surface area contributed by atoms with Gasteiger partial charge in [-0.25, -0.2) is 9.78 Å². The predicted octanol–water partition coefficient (Wildman–Crippen LogP) is 1.88. The molecule has 0 radical (unpaired) electrons. The molecule has 1 aromatic rings. The predicted molar refractivity (Wildman–Crippen MR) is 75.4 cm³/mol. The van der Waals surface area contributed by atoms with E-state index in [0.29, 0.717) is 12.8 Å². The van der Waals surface area contributed by atoms with E-state index in [1.54, 1.807) is 14.0 Å². The third-order valence-corrected chi connectivity index (χ3v) is 3.70. The molecule has 1 aliphatic carbocycles. The lowest BCUT2D eigenvalue weighted by molar-refractivity contribution is -0.385. The molecule has 114 valence electrons. The van der Waals surface area contributed by atoms with E-state index in [4.69, 9.17) is 16.3 Å². The third kappa shape index (κ3) is 2.63. The lowest BCUT2D eigenvalue weighted by Gasteiger charge is -2.27. The molecule has 1 aliphatic rings. The van der Waals surface area contributed by atoms with E-state index in [2.05, 4.69) is 9.97 Å². The normalized spacial score (nSPS) is 15.4. The maximum Gasteiger partial charge on any atom is 0.332 e. The molecule has 0 aromatic carbocycles. The summed E-state index contributed by atoms with van der Waals surface area (Å²) in [7, 11) is 1.58. The number of carbonyl (C=O) groups excluding carboxylic acids is 1. The Balaban J connectivity index is 2.47. The Morgan fingerprint density at radius 2 is 2.14 bits per heavy atom. The number of likely N-dealkylation sites (N-methyl/N-ethyl adjacent to an activating group) is 1. The van der Waals surface area contributed by atoms with Crippen LogP contribution in [0.5, 0.6) is 0 Å². The first-order valence-corrected chi connectivity index (χ1v) is 6.81. The Labute approximate surface area is 126 Å². The third-order valence-electron chi connectivity index (χ3n) is 3.53. The summed E-state index contributed by atoms with van der Waals surface area (Å²) in [4.78, 5) is 32.0. The number of nitrogens with zero attached hydrogens (tertiary/aromatic N) is 4. The van der Waals surface area contributed by atoms with Crippen molar-refractivity contribution in [3.05, 3.63) is 21.1 Å². The number of rotatable bonds is 5. The molecule has 0 atom stereocenters. The average molecular weight is 315 g/mol. The highest BCUT2D eigenvalue weighted by molar-refractivity contribution is 6.28. The summed E-state index contributed by atoms with van der Waals surface area (Å²) in [6, 6.07) is 0. The monoisotopic (exact) mass is 314 g/mol. The van der Waals surface area contributed by atoms with Crippen LogP contribution in [0.3, 0.4) is 0 Å². The van der Waals surface area contributed by atoms with Gasteiger partial charge in [0.05, 0.1) is 11.5 Å². The quantitative estimate of drug-likeness (QED) is 0.354. The summed E-state index contributed by atoms with van der Waals surface area (Å²) in [5.41, 5.74) is -0.996. The molecule has 2 rings (SSSR count). The number of aryl methyl sites for hydroxylation is 1. The van der Waals surface area contributed by atoms with Crippen molar-refractivity contribution in [2.45, 2.75) is 32.2 Å². The fourth-order valence-corrected chi connectivity index (χ4v) is 2.44. The molecule has 0 amide bonds. The number of nitro groups is 1. The van der Waals surface area contributed by atoms with Gasteiger partial charge < -0.3 is 9.64 Å². The second-order valence-electron chi connectivity index (χ2n) is 4.82. The van der Waals surface area contributed by atoms with Gasteiger partial charge in [0.1, 0.15) is 11.2 Å². The van der Waals surface area contributed by atoms with Gasteiger partial charge in [-0.05, 0) is 38.3 Å². The van der Waals surface area contributed by atoms with Crippen molar-refractivity contribution in [3.8, 4) is 0 Å². The molecular weight excluding hydrogens is 300 g/mol. The molecule has 21 heavy (non-hydrogen) atoms. The zero-order valence-corrected chi connectivity index (χ0v) is 12.7. The van der Waals surface area contributed by atoms with E-state index in [0.717, 1.165) is 0 Å². The molecule has 0 spiro atoms. The minimum atomic E-state index is -0.898. The summed E-state index contributed by atoms with van der Waals surface area (Å²) in [6.07, 6.45) is 1.11. The minimum Gasteiger partial charge on any atom is -0.464 e. The van der Waals surface area contributed by atoms with E-state index >= 15 is 0 Å². The van der Waals surface area contributed by atoms with Crippen LogP contribution in [0, 0.1) is 17.0 Å². The van der Waals surface area contributed by atoms with E-state index in [1.807, 2.05) is 0 Å². The molecule has 0 aliphatic heterocycles. The molecule has 1 saturated carbocycles. The van der Waals surface area contributed by atoms with Gasteiger partial charge in [-0.3, -0.25) is 10.1 Å². The zero-order chi connectivity index (χ0) is 15.8. The van der Waals surface area contributed by atoms with Gasteiger partial charge in [0, 0.05) is 7.05 Å². The molecule has 0 N–H and O–H groups in total. The van der Waals surface area contributed by atoms with Gasteiger partial charge >= 0.3 is 11.7 Å². The fourth-order valence-electron chi connectivity index (χ4n) is 2.23. The van der Waals surface area contributed by atoms with Crippen LogP contribution in [0.15, 0.2) is 0 Å². The molecule has 1 heterocycles. The van der Waals surface area contributed by atoms with Crippen LogP contribution in [-0.2, 0) is 9.53 Å². The molecule has 9 heteroatoms. The Hall–Kier alpha value is -1.96. The summed E-state index contributed by atoms with van der Waals surface area (Å²) in [5.74, 6) is -0.378. The van der Waals surface area contributed by atoms with E-state index in [1.165, 1.54) is 11.8 Å². The van der Waals surface area contributed by atoms with Crippen LogP contribution in [-0.4, -0.2) is 40.1 Å². The first kappa shape index (κ1) is 15.4. The van der Waals surface area contributed by atoms with Crippen LogP contribution >= 0.6 is 11.6 Å². The smallest absolute Gasteiger partial charge is 0.332 e. The summed E-state index contributed by atoms with van der Waals surface area (Å²) >= 11 is 5.79. The lowest BCUT2D eigenvalue weighted by atomic mass is 10.2. The highest BCUT2D eigenvalue weighted by atomic mass is 35.5. The average Bonchev–Trinajstić information content (AvgIpc) is 3.18. The van der Waals surface area contributed by atoms with Crippen LogP contribution in [0.1, 0.15) is 25.5 Å². The van der Waals surface area contributed by atoms with Crippen LogP contribution in [0.2, 0.25) is 5.28 Å². The Morgan fingerprint density at radius 1 is 1.52 bits per heavy atom. The second-order valence-corrected chi connectivity index (χ2v) is 5.16. The van der Waals surface area contributed by atoms with Crippen molar-refractivity contribution in [1.29, 1.82) is 0 Å². The SMILES string of the molecule is CCOC(=O)C1(N(C)c2nc(Cl)nc(C)c2[N+](=O)[O-])CC1. The van der Waals surface area contributed by atoms with Crippen molar-refractivity contribution in [2.24, 2.45) is 0 Å². The van der Waals surface area contributed by atoms with Crippen molar-refractivity contribution < 1.29 is 14.5 Å². The first-order valence-electron chi connectivity index (χ1n) is 6.43. The lowest BCUT2D eigenvalue weighted by Crippen LogP contribution is -2.43. The van der Waals surface area contributed by atoms with Crippen molar-refractivity contribution in [1.82, 2.24) is 9.97 Å².